The van der Waals surface area contributed by atoms with E-state index < -0.39 is 21.2 Å². The Balaban J connectivity index is 1.79. The lowest BCUT2D eigenvalue weighted by molar-refractivity contribution is 0.108. The van der Waals surface area contributed by atoms with Gasteiger partial charge in [0, 0.05) is 36.3 Å². The number of ether oxygens (including phenoxy) is 1. The Bertz CT molecular complexity index is 827. The summed E-state index contributed by atoms with van der Waals surface area (Å²) in [4.78, 5) is 19.9. The fourth-order valence-electron chi connectivity index (χ4n) is 2.93. The van der Waals surface area contributed by atoms with Crippen LogP contribution in [0.3, 0.4) is 0 Å². The van der Waals surface area contributed by atoms with Gasteiger partial charge in [-0.25, -0.2) is 18.2 Å². The number of amides is 1. The van der Waals surface area contributed by atoms with Crippen LogP contribution in [0.1, 0.15) is 11.3 Å². The molecule has 0 spiro atoms. The van der Waals surface area contributed by atoms with Crippen LogP contribution in [-0.4, -0.2) is 59.5 Å². The zero-order valence-corrected chi connectivity index (χ0v) is 14.9. The highest BCUT2D eigenvalue weighted by Gasteiger charge is 2.40. The molecule has 0 N–H and O–H groups in total. The summed E-state index contributed by atoms with van der Waals surface area (Å²) in [6, 6.07) is -0.196. The van der Waals surface area contributed by atoms with Crippen LogP contribution in [0.15, 0.2) is 31.4 Å². The number of likely N-dealkylation sites (tertiary alicyclic amines) is 1. The first kappa shape index (κ1) is 17.0. The fourth-order valence-corrected chi connectivity index (χ4v) is 4.96. The number of aromatic nitrogens is 2. The number of imidazole rings is 1. The van der Waals surface area contributed by atoms with Crippen LogP contribution in [-0.2, 0) is 21.0 Å². The second-order valence-electron chi connectivity index (χ2n) is 5.90. The van der Waals surface area contributed by atoms with Crippen molar-refractivity contribution in [3.05, 3.63) is 36.3 Å². The van der Waals surface area contributed by atoms with Gasteiger partial charge in [-0.2, -0.15) is 0 Å². The molecule has 0 aromatic carbocycles. The van der Waals surface area contributed by atoms with E-state index in [1.54, 1.807) is 23.9 Å². The molecule has 1 fully saturated rings. The van der Waals surface area contributed by atoms with Gasteiger partial charge in [-0.15, -0.1) is 11.3 Å². The van der Waals surface area contributed by atoms with Crippen molar-refractivity contribution >= 4 is 32.1 Å². The summed E-state index contributed by atoms with van der Waals surface area (Å²) < 4.78 is 30.8. The molecule has 2 aromatic heterocycles. The van der Waals surface area contributed by atoms with Crippen LogP contribution in [0.5, 0.6) is 0 Å². The van der Waals surface area contributed by atoms with Gasteiger partial charge in [-0.1, -0.05) is 12.7 Å². The van der Waals surface area contributed by atoms with Crippen molar-refractivity contribution in [3.8, 4) is 0 Å². The topological polar surface area (TPSA) is 81.0 Å². The molecule has 0 unspecified atom stereocenters. The van der Waals surface area contributed by atoms with E-state index in [0.29, 0.717) is 12.8 Å². The van der Waals surface area contributed by atoms with E-state index in [2.05, 4.69) is 11.6 Å². The van der Waals surface area contributed by atoms with Crippen molar-refractivity contribution in [2.24, 2.45) is 0 Å². The average Bonchev–Trinajstić information content (AvgIpc) is 3.18. The molecule has 0 bridgehead atoms. The van der Waals surface area contributed by atoms with Gasteiger partial charge in [0.2, 0.25) is 0 Å². The van der Waals surface area contributed by atoms with Gasteiger partial charge in [-0.3, -0.25) is 4.40 Å². The highest BCUT2D eigenvalue weighted by atomic mass is 32.2. The van der Waals surface area contributed by atoms with Gasteiger partial charge < -0.3 is 9.64 Å². The lowest BCUT2D eigenvalue weighted by atomic mass is 10.1. The van der Waals surface area contributed by atoms with E-state index >= 15 is 0 Å². The zero-order valence-electron chi connectivity index (χ0n) is 13.3. The molecule has 3 heterocycles. The largest absolute Gasteiger partial charge is 0.445 e. The molecule has 9 heteroatoms. The zero-order chi connectivity index (χ0) is 17.3. The van der Waals surface area contributed by atoms with E-state index in [0.717, 1.165) is 9.71 Å². The fraction of sp³-hybridized carbons (Fsp3) is 0.467. The molecule has 1 aliphatic heterocycles. The normalized spacial score (nSPS) is 21.3. The minimum Gasteiger partial charge on any atom is -0.445 e. The number of thiazole rings is 1. The van der Waals surface area contributed by atoms with Crippen molar-refractivity contribution in [2.75, 3.05) is 19.4 Å². The maximum Gasteiger partial charge on any atom is 0.410 e. The minimum absolute atomic E-state index is 0.111. The third-order valence-electron chi connectivity index (χ3n) is 4.13. The van der Waals surface area contributed by atoms with Crippen molar-refractivity contribution in [3.63, 3.8) is 0 Å². The van der Waals surface area contributed by atoms with Crippen LogP contribution >= 0.6 is 11.3 Å². The summed E-state index contributed by atoms with van der Waals surface area (Å²) >= 11 is 1.59. The van der Waals surface area contributed by atoms with Crippen LogP contribution in [0.4, 0.5) is 4.79 Å². The van der Waals surface area contributed by atoms with Crippen LogP contribution in [0, 0.1) is 0 Å². The summed E-state index contributed by atoms with van der Waals surface area (Å²) in [5.41, 5.74) is 0. The summed E-state index contributed by atoms with van der Waals surface area (Å²) in [6.07, 6.45) is 8.71. The molecule has 0 radical (unpaired) electrons. The maximum atomic E-state index is 12.2. The Hall–Kier alpha value is -1.87. The number of carbonyl (C=O) groups is 1. The lowest BCUT2D eigenvalue weighted by Gasteiger charge is -2.23. The molecule has 2 atom stereocenters. The Morgan fingerprint density at radius 2 is 2.38 bits per heavy atom. The van der Waals surface area contributed by atoms with Gasteiger partial charge in [0.05, 0.1) is 17.8 Å². The maximum absolute atomic E-state index is 12.2. The van der Waals surface area contributed by atoms with Crippen molar-refractivity contribution in [1.29, 1.82) is 0 Å². The van der Waals surface area contributed by atoms with Crippen LogP contribution in [0.2, 0.25) is 0 Å². The monoisotopic (exact) mass is 369 g/mol. The quantitative estimate of drug-likeness (QED) is 0.750. The van der Waals surface area contributed by atoms with Gasteiger partial charge in [0.1, 0.15) is 11.4 Å². The van der Waals surface area contributed by atoms with E-state index in [1.807, 2.05) is 10.6 Å². The Labute approximate surface area is 144 Å². The summed E-state index contributed by atoms with van der Waals surface area (Å²) in [5, 5.41) is -0.550. The molecule has 3 rings (SSSR count). The Morgan fingerprint density at radius 1 is 1.58 bits per heavy atom. The molecule has 24 heavy (non-hydrogen) atoms. The van der Waals surface area contributed by atoms with Crippen LogP contribution in [0.25, 0.3) is 4.83 Å². The van der Waals surface area contributed by atoms with Gasteiger partial charge in [-0.05, 0) is 6.42 Å². The third kappa shape index (κ3) is 3.46. The van der Waals surface area contributed by atoms with E-state index in [-0.39, 0.29) is 19.2 Å². The standard InChI is InChI=1S/C15H19N3O4S2/c1-3-4-22-15(19)18-9-13(24(2,20)21)6-11(18)5-12-8-17-10-16-7-14(17)23-12/h3,7-8,10-11,13H,1,4-6,9H2,2H3/t11-,13-/m1/s1. The Morgan fingerprint density at radius 3 is 3.04 bits per heavy atom. The van der Waals surface area contributed by atoms with E-state index in [9.17, 15) is 13.2 Å². The molecular weight excluding hydrogens is 350 g/mol. The highest BCUT2D eigenvalue weighted by molar-refractivity contribution is 7.91. The number of fused-ring (bicyclic) bond motifs is 1. The molecule has 0 aliphatic carbocycles. The number of carbonyl (C=O) groups excluding carboxylic acids is 1. The number of nitrogens with zero attached hydrogens (tertiary/aromatic N) is 3. The van der Waals surface area contributed by atoms with Gasteiger partial charge in [0.15, 0.2) is 9.84 Å². The molecule has 1 amide bonds. The summed E-state index contributed by atoms with van der Waals surface area (Å²) in [5.74, 6) is 0. The molecule has 0 saturated carbocycles. The van der Waals surface area contributed by atoms with Crippen molar-refractivity contribution < 1.29 is 17.9 Å². The third-order valence-corrected chi connectivity index (χ3v) is 6.74. The molecule has 1 saturated heterocycles. The second kappa shape index (κ2) is 6.56. The number of sulfone groups is 1. The summed E-state index contributed by atoms with van der Waals surface area (Å²) in [6.45, 7) is 3.80. The number of rotatable bonds is 5. The average molecular weight is 369 g/mol. The predicted molar refractivity (Wildman–Crippen MR) is 92.1 cm³/mol. The first-order chi connectivity index (χ1) is 11.4. The lowest BCUT2D eigenvalue weighted by Crippen LogP contribution is -2.38. The van der Waals surface area contributed by atoms with Crippen molar-refractivity contribution in [1.82, 2.24) is 14.3 Å². The first-order valence-corrected chi connectivity index (χ1v) is 10.3. The van der Waals surface area contributed by atoms with E-state index in [4.69, 9.17) is 4.74 Å². The molecular formula is C15H19N3O4S2. The molecule has 130 valence electrons. The molecule has 2 aromatic rings. The SMILES string of the molecule is C=CCOC(=O)N1C[C@H](S(C)(=O)=O)C[C@H]1Cc1cn2cncc2s1. The minimum atomic E-state index is -3.21. The number of hydrogen-bond donors (Lipinski definition) is 0. The molecule has 7 nitrogen and oxygen atoms in total. The second-order valence-corrected chi connectivity index (χ2v) is 9.37. The van der Waals surface area contributed by atoms with Crippen LogP contribution < -0.4 is 0 Å². The highest BCUT2D eigenvalue weighted by Crippen LogP contribution is 2.29. The van der Waals surface area contributed by atoms with Crippen molar-refractivity contribution in [2.45, 2.75) is 24.1 Å². The summed E-state index contributed by atoms with van der Waals surface area (Å²) in [7, 11) is -3.21. The molecule has 1 aliphatic rings. The first-order valence-electron chi connectivity index (χ1n) is 7.52. The van der Waals surface area contributed by atoms with E-state index in [1.165, 1.54) is 17.2 Å². The van der Waals surface area contributed by atoms with Gasteiger partial charge in [0.25, 0.3) is 0 Å². The van der Waals surface area contributed by atoms with Gasteiger partial charge >= 0.3 is 6.09 Å². The number of hydrogen-bond acceptors (Lipinski definition) is 6. The predicted octanol–water partition coefficient (Wildman–Crippen LogP) is 1.75. The Kier molecular flexibility index (Phi) is 4.64. The smallest absolute Gasteiger partial charge is 0.410 e.